The molecule has 0 fully saturated rings. The predicted octanol–water partition coefficient (Wildman–Crippen LogP) is 3.13. The third-order valence-electron chi connectivity index (χ3n) is 2.21. The molecule has 0 aromatic heterocycles. The smallest absolute Gasteiger partial charge is 0.338 e. The molecule has 4 nitrogen and oxygen atoms in total. The van der Waals surface area contributed by atoms with Crippen LogP contribution < -0.4 is 0 Å². The molecule has 0 heterocycles. The number of benzene rings is 1. The maximum atomic E-state index is 11.8. The Morgan fingerprint density at radius 2 is 1.75 bits per heavy atom. The summed E-state index contributed by atoms with van der Waals surface area (Å²) >= 11 is 0. The van der Waals surface area contributed by atoms with Crippen molar-refractivity contribution in [3.63, 3.8) is 0 Å². The zero-order chi connectivity index (χ0) is 15.2. The summed E-state index contributed by atoms with van der Waals surface area (Å²) in [6, 6.07) is 8.69. The molecule has 0 amide bonds. The largest absolute Gasteiger partial charge is 0.457 e. The molecule has 1 rings (SSSR count). The van der Waals surface area contributed by atoms with Gasteiger partial charge in [0.25, 0.3) is 0 Å². The summed E-state index contributed by atoms with van der Waals surface area (Å²) in [7, 11) is 0. The summed E-state index contributed by atoms with van der Waals surface area (Å²) in [5, 5.41) is 0. The second-order valence-corrected chi connectivity index (χ2v) is 5.37. The van der Waals surface area contributed by atoms with Crippen LogP contribution in [0.5, 0.6) is 0 Å². The summed E-state index contributed by atoms with van der Waals surface area (Å²) in [5.74, 6) is -0.882. The fourth-order valence-corrected chi connectivity index (χ4v) is 1.40. The fourth-order valence-electron chi connectivity index (χ4n) is 1.40. The van der Waals surface area contributed by atoms with Gasteiger partial charge in [0.15, 0.2) is 0 Å². The van der Waals surface area contributed by atoms with Crippen molar-refractivity contribution in [3.05, 3.63) is 48.0 Å². The zero-order valence-electron chi connectivity index (χ0n) is 12.3. The molecule has 1 aromatic rings. The Bertz CT molecular complexity index is 483. The number of hydrogen-bond acceptors (Lipinski definition) is 4. The van der Waals surface area contributed by atoms with E-state index in [1.807, 2.05) is 6.07 Å². The van der Waals surface area contributed by atoms with E-state index in [9.17, 15) is 9.59 Å². The Morgan fingerprint density at radius 1 is 1.15 bits per heavy atom. The van der Waals surface area contributed by atoms with Crippen LogP contribution in [0.4, 0.5) is 0 Å². The quantitative estimate of drug-likeness (QED) is 0.626. The van der Waals surface area contributed by atoms with Crippen LogP contribution in [-0.2, 0) is 14.3 Å². The van der Waals surface area contributed by atoms with Crippen LogP contribution in [0.3, 0.4) is 0 Å². The standard InChI is InChI=1S/C16H20O4/c1-12(10-11-14(17)20-16(2,3)4)19-15(18)13-8-6-5-7-9-13/h5-12H,1-4H3/b11-10-. The lowest BCUT2D eigenvalue weighted by atomic mass is 10.2. The van der Waals surface area contributed by atoms with Gasteiger partial charge in [0, 0.05) is 6.08 Å². The second kappa shape index (κ2) is 6.89. The number of rotatable bonds is 4. The molecule has 0 N–H and O–H groups in total. The minimum Gasteiger partial charge on any atom is -0.457 e. The number of carbonyl (C=O) groups excluding carboxylic acids is 2. The summed E-state index contributed by atoms with van der Waals surface area (Å²) in [4.78, 5) is 23.2. The van der Waals surface area contributed by atoms with E-state index in [2.05, 4.69) is 0 Å². The molecule has 1 unspecified atom stereocenters. The molecule has 4 heteroatoms. The molecule has 1 atom stereocenters. The minimum atomic E-state index is -0.536. The Morgan fingerprint density at radius 3 is 2.30 bits per heavy atom. The Labute approximate surface area is 119 Å². The van der Waals surface area contributed by atoms with Crippen molar-refractivity contribution in [1.29, 1.82) is 0 Å². The first-order chi connectivity index (χ1) is 9.28. The molecular formula is C16H20O4. The van der Waals surface area contributed by atoms with Crippen molar-refractivity contribution >= 4 is 11.9 Å². The average Bonchev–Trinajstić information content (AvgIpc) is 2.35. The van der Waals surface area contributed by atoms with Crippen molar-refractivity contribution < 1.29 is 19.1 Å². The van der Waals surface area contributed by atoms with Gasteiger partial charge >= 0.3 is 11.9 Å². The predicted molar refractivity (Wildman–Crippen MR) is 76.3 cm³/mol. The summed E-state index contributed by atoms with van der Waals surface area (Å²) in [5.41, 5.74) is -0.0595. The third kappa shape index (κ3) is 6.18. The molecule has 0 saturated carbocycles. The highest BCUT2D eigenvalue weighted by Crippen LogP contribution is 2.08. The number of ether oxygens (including phenoxy) is 2. The van der Waals surface area contributed by atoms with E-state index in [0.29, 0.717) is 5.56 Å². The summed E-state index contributed by atoms with van der Waals surface area (Å²) < 4.78 is 10.3. The SMILES string of the molecule is CC(/C=C\C(=O)OC(C)(C)C)OC(=O)c1ccccc1. The topological polar surface area (TPSA) is 52.6 Å². The van der Waals surface area contributed by atoms with Gasteiger partial charge in [-0.2, -0.15) is 0 Å². The van der Waals surface area contributed by atoms with Crippen molar-refractivity contribution in [2.45, 2.75) is 39.4 Å². The van der Waals surface area contributed by atoms with Crippen molar-refractivity contribution in [2.75, 3.05) is 0 Å². The zero-order valence-corrected chi connectivity index (χ0v) is 12.3. The van der Waals surface area contributed by atoms with Crippen LogP contribution in [0.25, 0.3) is 0 Å². The maximum absolute atomic E-state index is 11.8. The molecule has 0 aliphatic heterocycles. The number of esters is 2. The van der Waals surface area contributed by atoms with E-state index in [4.69, 9.17) is 9.47 Å². The van der Waals surface area contributed by atoms with Crippen LogP contribution in [0.1, 0.15) is 38.1 Å². The van der Waals surface area contributed by atoms with Crippen molar-refractivity contribution in [3.8, 4) is 0 Å². The van der Waals surface area contributed by atoms with Gasteiger partial charge in [-0.15, -0.1) is 0 Å². The summed E-state index contributed by atoms with van der Waals surface area (Å²) in [6.07, 6.45) is 2.26. The minimum absolute atomic E-state index is 0.424. The van der Waals surface area contributed by atoms with Gasteiger partial charge in [0.05, 0.1) is 5.56 Å². The van der Waals surface area contributed by atoms with Crippen LogP contribution in [-0.4, -0.2) is 23.6 Å². The average molecular weight is 276 g/mol. The molecular weight excluding hydrogens is 256 g/mol. The van der Waals surface area contributed by atoms with Crippen LogP contribution in [0.2, 0.25) is 0 Å². The van der Waals surface area contributed by atoms with Gasteiger partial charge in [-0.25, -0.2) is 9.59 Å². The first-order valence-corrected chi connectivity index (χ1v) is 6.45. The number of hydrogen-bond donors (Lipinski definition) is 0. The van der Waals surface area contributed by atoms with Gasteiger partial charge in [-0.3, -0.25) is 0 Å². The first-order valence-electron chi connectivity index (χ1n) is 6.45. The molecule has 0 bridgehead atoms. The van der Waals surface area contributed by atoms with E-state index < -0.39 is 23.6 Å². The van der Waals surface area contributed by atoms with E-state index in [1.165, 1.54) is 12.2 Å². The molecule has 0 saturated heterocycles. The lowest BCUT2D eigenvalue weighted by Gasteiger charge is -2.18. The van der Waals surface area contributed by atoms with Crippen LogP contribution in [0.15, 0.2) is 42.5 Å². The Hall–Kier alpha value is -2.10. The molecule has 0 aliphatic carbocycles. The highest BCUT2D eigenvalue weighted by atomic mass is 16.6. The van der Waals surface area contributed by atoms with Gasteiger partial charge in [0.2, 0.25) is 0 Å². The van der Waals surface area contributed by atoms with E-state index in [1.54, 1.807) is 52.0 Å². The Kier molecular flexibility index (Phi) is 5.50. The van der Waals surface area contributed by atoms with Crippen LogP contribution in [0, 0.1) is 0 Å². The lowest BCUT2D eigenvalue weighted by molar-refractivity contribution is -0.148. The molecule has 108 valence electrons. The van der Waals surface area contributed by atoms with Crippen LogP contribution >= 0.6 is 0 Å². The van der Waals surface area contributed by atoms with Crippen molar-refractivity contribution in [2.24, 2.45) is 0 Å². The second-order valence-electron chi connectivity index (χ2n) is 5.37. The molecule has 0 aliphatic rings. The van der Waals surface area contributed by atoms with E-state index in [-0.39, 0.29) is 0 Å². The molecule has 1 aromatic carbocycles. The van der Waals surface area contributed by atoms with E-state index in [0.717, 1.165) is 0 Å². The highest BCUT2D eigenvalue weighted by Gasteiger charge is 2.15. The van der Waals surface area contributed by atoms with E-state index >= 15 is 0 Å². The highest BCUT2D eigenvalue weighted by molar-refractivity contribution is 5.89. The van der Waals surface area contributed by atoms with Gasteiger partial charge in [-0.05, 0) is 45.9 Å². The summed E-state index contributed by atoms with van der Waals surface area (Å²) in [6.45, 7) is 7.05. The normalized spacial score (nSPS) is 13.0. The number of carbonyl (C=O) groups is 2. The molecule has 20 heavy (non-hydrogen) atoms. The Balaban J connectivity index is 2.49. The third-order valence-corrected chi connectivity index (χ3v) is 2.21. The van der Waals surface area contributed by atoms with Gasteiger partial charge in [0.1, 0.15) is 11.7 Å². The molecule has 0 spiro atoms. The fraction of sp³-hybridized carbons (Fsp3) is 0.375. The lowest BCUT2D eigenvalue weighted by Crippen LogP contribution is -2.23. The van der Waals surface area contributed by atoms with Crippen molar-refractivity contribution in [1.82, 2.24) is 0 Å². The van der Waals surface area contributed by atoms with Gasteiger partial charge < -0.3 is 9.47 Å². The first kappa shape index (κ1) is 16.0. The van der Waals surface area contributed by atoms with Gasteiger partial charge in [-0.1, -0.05) is 18.2 Å². The molecule has 0 radical (unpaired) electrons. The monoisotopic (exact) mass is 276 g/mol. The maximum Gasteiger partial charge on any atom is 0.338 e.